The fourth-order valence-corrected chi connectivity index (χ4v) is 6.98. The highest BCUT2D eigenvalue weighted by molar-refractivity contribution is 5.85. The van der Waals surface area contributed by atoms with Gasteiger partial charge in [0.15, 0.2) is 0 Å². The number of aromatic nitrogens is 1. The summed E-state index contributed by atoms with van der Waals surface area (Å²) in [6.45, 7) is 6.22. The van der Waals surface area contributed by atoms with Crippen LogP contribution < -0.4 is 15.6 Å². The lowest BCUT2D eigenvalue weighted by molar-refractivity contribution is -0.139. The number of likely N-dealkylation sites (tertiary alicyclic amines) is 1. The number of amides is 1. The van der Waals surface area contributed by atoms with Gasteiger partial charge in [-0.15, -0.1) is 0 Å². The largest absolute Gasteiger partial charge is 0.481 e. The first-order valence-corrected chi connectivity index (χ1v) is 17.1. The van der Waals surface area contributed by atoms with E-state index in [1.165, 1.54) is 31.2 Å². The number of pyridine rings is 1. The van der Waals surface area contributed by atoms with E-state index in [2.05, 4.69) is 5.32 Å². The van der Waals surface area contributed by atoms with Gasteiger partial charge in [-0.05, 0) is 98.3 Å². The summed E-state index contributed by atoms with van der Waals surface area (Å²) in [5, 5.41) is 23.2. The Morgan fingerprint density at radius 2 is 1.69 bits per heavy atom. The third-order valence-electron chi connectivity index (χ3n) is 9.74. The van der Waals surface area contributed by atoms with Gasteiger partial charge < -0.3 is 20.3 Å². The number of aliphatic hydroxyl groups is 1. The van der Waals surface area contributed by atoms with E-state index in [1.54, 1.807) is 31.7 Å². The van der Waals surface area contributed by atoms with Crippen LogP contribution in [0.1, 0.15) is 71.3 Å². The number of carboxylic acids is 1. The van der Waals surface area contributed by atoms with Crippen molar-refractivity contribution in [1.82, 2.24) is 14.8 Å². The number of carbonyl (C=O) groups excluding carboxylic acids is 1. The second-order valence-corrected chi connectivity index (χ2v) is 14.3. The summed E-state index contributed by atoms with van der Waals surface area (Å²) in [5.74, 6) is -4.58. The molecule has 1 aromatic heterocycles. The molecule has 3 aromatic carbocycles. The van der Waals surface area contributed by atoms with Crippen molar-refractivity contribution in [3.8, 4) is 22.6 Å². The van der Waals surface area contributed by atoms with Crippen LogP contribution >= 0.6 is 0 Å². The summed E-state index contributed by atoms with van der Waals surface area (Å²) in [5.41, 5.74) is -3.48. The Bertz CT molecular complexity index is 2210. The van der Waals surface area contributed by atoms with Gasteiger partial charge in [0.25, 0.3) is 5.56 Å². The number of ether oxygens (including phenoxy) is 1. The number of fused-ring (bicyclic) bond motifs is 6. The summed E-state index contributed by atoms with van der Waals surface area (Å²) in [6, 6.07) is 5.89. The molecule has 4 bridgehead atoms. The standard InChI is InChI=1S/C39H37F6N3O6/c1-19-10-23(38(3,4)53)12-31-34(19)22-9-20(2)35(42)27(11-22)30(15-33(50)51)46-37(52)36(26-13-25(54-31)5-6-29(26)41)48-16-21(7-8-47-17-24(40)18-47)28(14-32(48)49)39(43,44)45/h5-6,9-14,16,24,30,36,53H,7-8,15,17-18H2,1-4H3,(H,46,52)(H,50,51)/t30-,36+/m1/s1. The van der Waals surface area contributed by atoms with E-state index in [4.69, 9.17) is 4.74 Å². The van der Waals surface area contributed by atoms with Gasteiger partial charge in [0.1, 0.15) is 35.3 Å². The van der Waals surface area contributed by atoms with Crippen molar-refractivity contribution in [3.05, 3.63) is 116 Å². The molecule has 1 saturated heterocycles. The minimum atomic E-state index is -5.00. The number of benzene rings is 3. The van der Waals surface area contributed by atoms with Crippen LogP contribution in [-0.4, -0.2) is 57.4 Å². The summed E-state index contributed by atoms with van der Waals surface area (Å²) < 4.78 is 95.2. The first kappa shape index (κ1) is 38.6. The SMILES string of the molecule is Cc1cc2cc(c1F)[C@@H](CC(=O)O)NC(=O)[C@@H](n1cc(CCN3CC(F)C3)c(C(F)(F)F)cc1=O)c1cc(ccc1F)Oc1cc(C(C)(C)O)cc(C)c1-2. The van der Waals surface area contributed by atoms with Crippen molar-refractivity contribution < 1.29 is 50.9 Å². The minimum absolute atomic E-state index is 0.00612. The molecule has 2 aliphatic rings. The van der Waals surface area contributed by atoms with Crippen molar-refractivity contribution >= 4 is 11.9 Å². The highest BCUT2D eigenvalue weighted by Crippen LogP contribution is 2.43. The van der Waals surface area contributed by atoms with Gasteiger partial charge in [0.2, 0.25) is 5.91 Å². The maximum absolute atomic E-state index is 16.0. The van der Waals surface area contributed by atoms with Crippen LogP contribution in [0.5, 0.6) is 11.5 Å². The number of alkyl halides is 4. The topological polar surface area (TPSA) is 121 Å². The molecule has 2 atom stereocenters. The molecule has 6 rings (SSSR count). The van der Waals surface area contributed by atoms with E-state index in [1.807, 2.05) is 0 Å². The molecule has 15 heteroatoms. The molecule has 1 fully saturated rings. The lowest BCUT2D eigenvalue weighted by atomic mass is 9.88. The maximum atomic E-state index is 16.0. The van der Waals surface area contributed by atoms with E-state index in [0.717, 1.165) is 18.3 Å². The average molecular weight is 758 g/mol. The van der Waals surface area contributed by atoms with E-state index >= 15 is 8.78 Å². The third kappa shape index (κ3) is 7.73. The maximum Gasteiger partial charge on any atom is 0.416 e. The Morgan fingerprint density at radius 3 is 2.31 bits per heavy atom. The van der Waals surface area contributed by atoms with Gasteiger partial charge in [-0.1, -0.05) is 6.07 Å². The van der Waals surface area contributed by atoms with Gasteiger partial charge in [0, 0.05) is 48.6 Å². The van der Waals surface area contributed by atoms with Gasteiger partial charge >= 0.3 is 12.1 Å². The number of nitrogens with zero attached hydrogens (tertiary/aromatic N) is 2. The van der Waals surface area contributed by atoms with Gasteiger partial charge in [-0.2, -0.15) is 13.2 Å². The van der Waals surface area contributed by atoms with Crippen LogP contribution in [0.25, 0.3) is 11.1 Å². The smallest absolute Gasteiger partial charge is 0.416 e. The predicted octanol–water partition coefficient (Wildman–Crippen LogP) is 6.88. The minimum Gasteiger partial charge on any atom is -0.481 e. The summed E-state index contributed by atoms with van der Waals surface area (Å²) in [7, 11) is 0. The Labute approximate surface area is 305 Å². The molecule has 3 N–H and O–H groups in total. The zero-order chi connectivity index (χ0) is 39.4. The van der Waals surface area contributed by atoms with Gasteiger partial charge in [0.05, 0.1) is 23.6 Å². The monoisotopic (exact) mass is 757 g/mol. The molecule has 54 heavy (non-hydrogen) atoms. The highest BCUT2D eigenvalue weighted by atomic mass is 19.4. The molecule has 0 radical (unpaired) electrons. The van der Waals surface area contributed by atoms with E-state index in [0.29, 0.717) is 26.8 Å². The number of halogens is 6. The zero-order valence-corrected chi connectivity index (χ0v) is 29.7. The number of nitrogens with one attached hydrogen (secondary N) is 1. The summed E-state index contributed by atoms with van der Waals surface area (Å²) >= 11 is 0. The van der Waals surface area contributed by atoms with Crippen molar-refractivity contribution in [3.63, 3.8) is 0 Å². The number of carboxylic acid groups (broad SMARTS) is 1. The van der Waals surface area contributed by atoms with Crippen LogP contribution in [0.15, 0.2) is 59.5 Å². The Morgan fingerprint density at radius 1 is 0.981 bits per heavy atom. The number of aliphatic carboxylic acids is 1. The molecule has 1 amide bonds. The second kappa shape index (κ2) is 14.3. The molecule has 286 valence electrons. The predicted molar refractivity (Wildman–Crippen MR) is 185 cm³/mol. The van der Waals surface area contributed by atoms with Gasteiger partial charge in [-0.25, -0.2) is 13.2 Å². The fraction of sp³-hybridized carbons (Fsp3) is 0.359. The molecular formula is C39H37F6N3O6. The van der Waals surface area contributed by atoms with E-state index in [9.17, 15) is 42.2 Å². The molecule has 0 unspecified atom stereocenters. The van der Waals surface area contributed by atoms with Gasteiger partial charge in [-0.3, -0.25) is 23.9 Å². The summed E-state index contributed by atoms with van der Waals surface area (Å²) in [6.07, 6.45) is -6.54. The van der Waals surface area contributed by atoms with Crippen LogP contribution in [0.2, 0.25) is 0 Å². The van der Waals surface area contributed by atoms with Crippen molar-refractivity contribution in [2.75, 3.05) is 19.6 Å². The Kier molecular flexibility index (Phi) is 10.2. The molecule has 0 spiro atoms. The first-order valence-electron chi connectivity index (χ1n) is 17.1. The number of aryl methyl sites for hydroxylation is 2. The fourth-order valence-electron chi connectivity index (χ4n) is 6.98. The first-order chi connectivity index (χ1) is 25.2. The van der Waals surface area contributed by atoms with Crippen LogP contribution in [0.4, 0.5) is 26.3 Å². The summed E-state index contributed by atoms with van der Waals surface area (Å²) in [4.78, 5) is 41.7. The quantitative estimate of drug-likeness (QED) is 0.176. The molecule has 0 saturated carbocycles. The van der Waals surface area contributed by atoms with E-state index < -0.39 is 82.2 Å². The zero-order valence-electron chi connectivity index (χ0n) is 29.7. The van der Waals surface area contributed by atoms with Crippen molar-refractivity contribution in [2.24, 2.45) is 0 Å². The Balaban J connectivity index is 1.62. The van der Waals surface area contributed by atoms with Crippen LogP contribution in [0.3, 0.4) is 0 Å². The molecule has 0 aliphatic carbocycles. The lowest BCUT2D eigenvalue weighted by Gasteiger charge is -2.34. The second-order valence-electron chi connectivity index (χ2n) is 14.3. The molecular weight excluding hydrogens is 720 g/mol. The number of hydrogen-bond acceptors (Lipinski definition) is 6. The number of carbonyl (C=O) groups is 2. The highest BCUT2D eigenvalue weighted by Gasteiger charge is 2.38. The van der Waals surface area contributed by atoms with Crippen LogP contribution in [0, 0.1) is 25.5 Å². The Hall–Kier alpha value is -5.15. The molecule has 2 aliphatic heterocycles. The normalized spacial score (nSPS) is 18.0. The third-order valence-corrected chi connectivity index (χ3v) is 9.74. The molecule has 3 heterocycles. The van der Waals surface area contributed by atoms with E-state index in [-0.39, 0.29) is 54.7 Å². The van der Waals surface area contributed by atoms with Crippen molar-refractivity contribution in [1.29, 1.82) is 0 Å². The average Bonchev–Trinajstić information content (AvgIpc) is 3.04. The van der Waals surface area contributed by atoms with Crippen LogP contribution in [-0.2, 0) is 27.8 Å². The number of rotatable bonds is 7. The van der Waals surface area contributed by atoms with Crippen molar-refractivity contribution in [2.45, 2.75) is 70.6 Å². The molecule has 4 aromatic rings. The number of hydrogen-bond donors (Lipinski definition) is 3. The molecule has 9 nitrogen and oxygen atoms in total. The lowest BCUT2D eigenvalue weighted by Crippen LogP contribution is -2.49.